The Morgan fingerprint density at radius 1 is 1.03 bits per heavy atom. The van der Waals surface area contributed by atoms with Gasteiger partial charge in [-0.15, -0.1) is 11.3 Å². The van der Waals surface area contributed by atoms with Crippen molar-refractivity contribution in [3.05, 3.63) is 70.7 Å². The third kappa shape index (κ3) is 5.52. The van der Waals surface area contributed by atoms with Crippen LogP contribution in [0.15, 0.2) is 53.9 Å². The molecule has 1 aliphatic heterocycles. The second-order valence-electron chi connectivity index (χ2n) is 7.78. The molecule has 3 aromatic rings. The van der Waals surface area contributed by atoms with Crippen LogP contribution in [-0.4, -0.2) is 42.0 Å². The molecule has 0 radical (unpaired) electrons. The molecular weight excluding hydrogens is 449 g/mol. The SMILES string of the molecule is N#Cc1ccc(N2CCCN(C(=O)Cc3csc(-c4ccc(C(F)(F)F)cc4)n3)CC2)cc1. The highest BCUT2D eigenvalue weighted by Gasteiger charge is 2.30. The molecule has 1 aliphatic rings. The van der Waals surface area contributed by atoms with Gasteiger partial charge in [-0.05, 0) is 42.8 Å². The van der Waals surface area contributed by atoms with Crippen molar-refractivity contribution in [3.63, 3.8) is 0 Å². The van der Waals surface area contributed by atoms with Crippen molar-refractivity contribution >= 4 is 22.9 Å². The molecule has 5 nitrogen and oxygen atoms in total. The standard InChI is InChI=1S/C24H21F3N4OS/c25-24(26,27)19-6-4-18(5-7-19)23-29-20(16-33-23)14-22(32)31-11-1-10-30(12-13-31)21-8-2-17(15-28)3-9-21/h2-9,16H,1,10-14H2. The third-order valence-corrected chi connectivity index (χ3v) is 6.49. The maximum atomic E-state index is 12.9. The van der Waals surface area contributed by atoms with E-state index in [1.807, 2.05) is 17.0 Å². The van der Waals surface area contributed by atoms with Crippen LogP contribution in [0.1, 0.15) is 23.2 Å². The van der Waals surface area contributed by atoms with E-state index in [1.165, 1.54) is 23.5 Å². The molecule has 0 atom stereocenters. The molecule has 0 spiro atoms. The number of nitriles is 1. The Morgan fingerprint density at radius 2 is 1.76 bits per heavy atom. The van der Waals surface area contributed by atoms with Gasteiger partial charge in [0.2, 0.25) is 5.91 Å². The normalized spacial score (nSPS) is 14.6. The van der Waals surface area contributed by atoms with E-state index in [2.05, 4.69) is 16.0 Å². The van der Waals surface area contributed by atoms with Gasteiger partial charge in [-0.25, -0.2) is 4.98 Å². The van der Waals surface area contributed by atoms with Gasteiger partial charge in [0.25, 0.3) is 0 Å². The Balaban J connectivity index is 1.36. The Bertz CT molecular complexity index is 1150. The number of aromatic nitrogens is 1. The first-order valence-corrected chi connectivity index (χ1v) is 11.4. The van der Waals surface area contributed by atoms with Crippen LogP contribution in [0, 0.1) is 11.3 Å². The van der Waals surface area contributed by atoms with E-state index < -0.39 is 11.7 Å². The van der Waals surface area contributed by atoms with E-state index in [-0.39, 0.29) is 12.3 Å². The number of amides is 1. The predicted molar refractivity (Wildman–Crippen MR) is 121 cm³/mol. The number of hydrogen-bond acceptors (Lipinski definition) is 5. The van der Waals surface area contributed by atoms with Gasteiger partial charge in [-0.3, -0.25) is 4.79 Å². The number of rotatable bonds is 4. The molecule has 2 heterocycles. The van der Waals surface area contributed by atoms with Gasteiger partial charge in [0, 0.05) is 42.8 Å². The van der Waals surface area contributed by atoms with Crippen LogP contribution < -0.4 is 4.90 Å². The summed E-state index contributed by atoms with van der Waals surface area (Å²) in [5, 5.41) is 11.3. The highest BCUT2D eigenvalue weighted by atomic mass is 32.1. The molecule has 1 amide bonds. The van der Waals surface area contributed by atoms with Gasteiger partial charge < -0.3 is 9.80 Å². The average Bonchev–Trinajstić information content (AvgIpc) is 3.13. The van der Waals surface area contributed by atoms with Crippen LogP contribution >= 0.6 is 11.3 Å². The van der Waals surface area contributed by atoms with E-state index in [0.29, 0.717) is 41.5 Å². The lowest BCUT2D eigenvalue weighted by Crippen LogP contribution is -2.36. The summed E-state index contributed by atoms with van der Waals surface area (Å²) in [4.78, 5) is 21.4. The fraction of sp³-hybridized carbons (Fsp3) is 0.292. The summed E-state index contributed by atoms with van der Waals surface area (Å²) in [6.45, 7) is 2.77. The van der Waals surface area contributed by atoms with Crippen LogP contribution in [0.5, 0.6) is 0 Å². The van der Waals surface area contributed by atoms with E-state index in [1.54, 1.807) is 17.5 Å². The molecule has 170 valence electrons. The summed E-state index contributed by atoms with van der Waals surface area (Å²) < 4.78 is 38.3. The molecule has 4 rings (SSSR count). The minimum Gasteiger partial charge on any atom is -0.370 e. The van der Waals surface area contributed by atoms with E-state index in [0.717, 1.165) is 30.8 Å². The highest BCUT2D eigenvalue weighted by molar-refractivity contribution is 7.13. The van der Waals surface area contributed by atoms with Crippen molar-refractivity contribution in [1.29, 1.82) is 5.26 Å². The van der Waals surface area contributed by atoms with E-state index in [4.69, 9.17) is 5.26 Å². The highest BCUT2D eigenvalue weighted by Crippen LogP contribution is 2.32. The van der Waals surface area contributed by atoms with Crippen LogP contribution in [0.2, 0.25) is 0 Å². The summed E-state index contributed by atoms with van der Waals surface area (Å²) in [7, 11) is 0. The topological polar surface area (TPSA) is 60.2 Å². The van der Waals surface area contributed by atoms with Crippen molar-refractivity contribution in [2.75, 3.05) is 31.1 Å². The minimum atomic E-state index is -4.37. The molecule has 0 aliphatic carbocycles. The molecular formula is C24H21F3N4OS. The quantitative estimate of drug-likeness (QED) is 0.540. The minimum absolute atomic E-state index is 0.0130. The molecule has 0 bridgehead atoms. The fourth-order valence-corrected chi connectivity index (χ4v) is 4.59. The van der Waals surface area contributed by atoms with Crippen LogP contribution in [0.3, 0.4) is 0 Å². The van der Waals surface area contributed by atoms with Gasteiger partial charge in [0.15, 0.2) is 0 Å². The molecule has 1 saturated heterocycles. The maximum Gasteiger partial charge on any atom is 0.416 e. The number of anilines is 1. The summed E-state index contributed by atoms with van der Waals surface area (Å²) in [6.07, 6.45) is -3.38. The predicted octanol–water partition coefficient (Wildman–Crippen LogP) is 4.98. The van der Waals surface area contributed by atoms with E-state index in [9.17, 15) is 18.0 Å². The molecule has 0 N–H and O–H groups in total. The monoisotopic (exact) mass is 470 g/mol. The fourth-order valence-electron chi connectivity index (χ4n) is 3.76. The number of carbonyl (C=O) groups excluding carboxylic acids is 1. The smallest absolute Gasteiger partial charge is 0.370 e. The average molecular weight is 471 g/mol. The third-order valence-electron chi connectivity index (χ3n) is 5.55. The number of nitrogens with zero attached hydrogens (tertiary/aromatic N) is 4. The summed E-state index contributed by atoms with van der Waals surface area (Å²) in [6, 6.07) is 14.4. The van der Waals surface area contributed by atoms with Gasteiger partial charge in [0.1, 0.15) is 5.01 Å². The second-order valence-corrected chi connectivity index (χ2v) is 8.63. The number of carbonyl (C=O) groups is 1. The van der Waals surface area contributed by atoms with Crippen molar-refractivity contribution in [2.24, 2.45) is 0 Å². The van der Waals surface area contributed by atoms with Gasteiger partial charge >= 0.3 is 6.18 Å². The first kappa shape index (κ1) is 22.8. The lowest BCUT2D eigenvalue weighted by atomic mass is 10.1. The molecule has 0 saturated carbocycles. The first-order valence-electron chi connectivity index (χ1n) is 10.5. The van der Waals surface area contributed by atoms with Crippen LogP contribution in [0.25, 0.3) is 10.6 Å². The summed E-state index contributed by atoms with van der Waals surface area (Å²) in [5.74, 6) is -0.0130. The number of alkyl halides is 3. The second kappa shape index (κ2) is 9.63. The number of hydrogen-bond donors (Lipinski definition) is 0. The maximum absolute atomic E-state index is 12.9. The zero-order chi connectivity index (χ0) is 23.4. The Hall–Kier alpha value is -3.38. The largest absolute Gasteiger partial charge is 0.416 e. The molecule has 9 heteroatoms. The molecule has 0 unspecified atom stereocenters. The van der Waals surface area contributed by atoms with Crippen molar-refractivity contribution < 1.29 is 18.0 Å². The zero-order valence-electron chi connectivity index (χ0n) is 17.7. The lowest BCUT2D eigenvalue weighted by Gasteiger charge is -2.23. The Kier molecular flexibility index (Phi) is 6.65. The van der Waals surface area contributed by atoms with Gasteiger partial charge in [-0.1, -0.05) is 12.1 Å². The molecule has 33 heavy (non-hydrogen) atoms. The molecule has 1 aromatic heterocycles. The lowest BCUT2D eigenvalue weighted by molar-refractivity contribution is -0.137. The van der Waals surface area contributed by atoms with Crippen molar-refractivity contribution in [3.8, 4) is 16.6 Å². The van der Waals surface area contributed by atoms with Crippen molar-refractivity contribution in [1.82, 2.24) is 9.88 Å². The molecule has 2 aromatic carbocycles. The number of thiazole rings is 1. The number of benzene rings is 2. The van der Waals surface area contributed by atoms with Crippen molar-refractivity contribution in [2.45, 2.75) is 19.0 Å². The summed E-state index contributed by atoms with van der Waals surface area (Å²) >= 11 is 1.32. The Labute approximate surface area is 193 Å². The molecule has 1 fully saturated rings. The van der Waals surface area contributed by atoms with Gasteiger partial charge in [-0.2, -0.15) is 18.4 Å². The van der Waals surface area contributed by atoms with Crippen LogP contribution in [-0.2, 0) is 17.4 Å². The summed E-state index contributed by atoms with van der Waals surface area (Å²) in [5.41, 5.74) is 2.16. The number of halogens is 3. The zero-order valence-corrected chi connectivity index (χ0v) is 18.5. The van der Waals surface area contributed by atoms with E-state index >= 15 is 0 Å². The first-order chi connectivity index (χ1) is 15.8. The van der Waals surface area contributed by atoms with Gasteiger partial charge in [0.05, 0.1) is 29.3 Å². The van der Waals surface area contributed by atoms with Crippen LogP contribution in [0.4, 0.5) is 18.9 Å². The Morgan fingerprint density at radius 3 is 2.42 bits per heavy atom.